The van der Waals surface area contributed by atoms with Crippen molar-refractivity contribution in [2.75, 3.05) is 14.2 Å². The summed E-state index contributed by atoms with van der Waals surface area (Å²) in [6.45, 7) is 0. The van der Waals surface area contributed by atoms with Crippen LogP contribution in [0.5, 0.6) is 11.5 Å². The lowest BCUT2D eigenvalue weighted by atomic mass is 9.98. The Morgan fingerprint density at radius 1 is 1.16 bits per heavy atom. The minimum Gasteiger partial charge on any atom is -0.497 e. The fraction of sp³-hybridized carbons (Fsp3) is 0.474. The van der Waals surface area contributed by atoms with E-state index in [9.17, 15) is 4.79 Å². The number of aromatic nitrogens is 1. The number of hydrogen-bond donors (Lipinski definition) is 0. The highest BCUT2D eigenvalue weighted by Crippen LogP contribution is 2.46. The molecule has 0 saturated heterocycles. The van der Waals surface area contributed by atoms with Crippen LogP contribution >= 0.6 is 0 Å². The number of fused-ring (bicyclic) bond motifs is 2. The monoisotopic (exact) mass is 343 g/mol. The fourth-order valence-corrected chi connectivity index (χ4v) is 4.03. The third-order valence-corrected chi connectivity index (χ3v) is 5.32. The van der Waals surface area contributed by atoms with E-state index < -0.39 is 5.97 Å². The zero-order valence-electron chi connectivity index (χ0n) is 14.4. The average molecular weight is 343 g/mol. The van der Waals surface area contributed by atoms with Gasteiger partial charge in [-0.15, -0.1) is 0 Å². The molecule has 3 atom stereocenters. The third kappa shape index (κ3) is 2.97. The largest absolute Gasteiger partial charge is 0.497 e. The van der Waals surface area contributed by atoms with Gasteiger partial charge in [-0.05, 0) is 55.7 Å². The Balaban J connectivity index is 1.53. The van der Waals surface area contributed by atoms with Crippen LogP contribution in [0.2, 0.25) is 0 Å². The van der Waals surface area contributed by atoms with Crippen molar-refractivity contribution in [3.63, 3.8) is 0 Å². The molecule has 6 nitrogen and oxygen atoms in total. The van der Waals surface area contributed by atoms with Gasteiger partial charge < -0.3 is 18.7 Å². The molecule has 0 amide bonds. The molecule has 2 bridgehead atoms. The maximum Gasteiger partial charge on any atom is 0.360 e. The van der Waals surface area contributed by atoms with Crippen LogP contribution in [-0.2, 0) is 4.74 Å². The fourth-order valence-electron chi connectivity index (χ4n) is 4.03. The van der Waals surface area contributed by atoms with Gasteiger partial charge in [0.05, 0.1) is 19.8 Å². The summed E-state index contributed by atoms with van der Waals surface area (Å²) in [5.74, 6) is 2.53. The summed E-state index contributed by atoms with van der Waals surface area (Å²) >= 11 is 0. The van der Waals surface area contributed by atoms with Gasteiger partial charge in [-0.2, -0.15) is 0 Å². The van der Waals surface area contributed by atoms with E-state index in [1.807, 2.05) is 0 Å². The van der Waals surface area contributed by atoms with Crippen LogP contribution < -0.4 is 9.47 Å². The molecule has 0 aliphatic heterocycles. The van der Waals surface area contributed by atoms with Crippen LogP contribution in [0.4, 0.5) is 0 Å². The zero-order chi connectivity index (χ0) is 17.4. The van der Waals surface area contributed by atoms with Gasteiger partial charge in [0.2, 0.25) is 0 Å². The van der Waals surface area contributed by atoms with Gasteiger partial charge in [0.1, 0.15) is 17.6 Å². The number of methoxy groups -OCH3 is 2. The molecule has 0 radical (unpaired) electrons. The minimum absolute atomic E-state index is 0.0257. The van der Waals surface area contributed by atoms with E-state index in [2.05, 4.69) is 5.16 Å². The van der Waals surface area contributed by atoms with Gasteiger partial charge in [-0.25, -0.2) is 4.79 Å². The number of carbonyl (C=O) groups excluding carboxylic acids is 1. The Kier molecular flexibility index (Phi) is 4.11. The number of carbonyl (C=O) groups is 1. The molecule has 132 valence electrons. The van der Waals surface area contributed by atoms with Crippen molar-refractivity contribution in [1.82, 2.24) is 5.16 Å². The summed E-state index contributed by atoms with van der Waals surface area (Å²) in [5, 5.41) is 3.88. The van der Waals surface area contributed by atoms with Crippen molar-refractivity contribution < 1.29 is 23.5 Å². The highest BCUT2D eigenvalue weighted by atomic mass is 16.5. The summed E-state index contributed by atoms with van der Waals surface area (Å²) in [5.41, 5.74) is 0.857. The predicted octanol–water partition coefficient (Wildman–Crippen LogP) is 3.70. The van der Waals surface area contributed by atoms with E-state index in [1.54, 1.807) is 38.5 Å². The molecule has 1 aromatic carbocycles. The van der Waals surface area contributed by atoms with Crippen LogP contribution in [0, 0.1) is 11.8 Å². The van der Waals surface area contributed by atoms with Crippen LogP contribution in [-0.4, -0.2) is 31.4 Å². The summed E-state index contributed by atoms with van der Waals surface area (Å²) in [6.07, 6.45) is 4.61. The number of benzene rings is 1. The molecule has 1 aromatic heterocycles. The van der Waals surface area contributed by atoms with Crippen molar-refractivity contribution >= 4 is 5.97 Å². The number of esters is 1. The first kappa shape index (κ1) is 16.0. The molecule has 0 N–H and O–H groups in total. The molecule has 2 aromatic rings. The summed E-state index contributed by atoms with van der Waals surface area (Å²) in [4.78, 5) is 12.4. The molecule has 2 aliphatic rings. The number of hydrogen-bond acceptors (Lipinski definition) is 6. The van der Waals surface area contributed by atoms with Gasteiger partial charge in [0.25, 0.3) is 0 Å². The van der Waals surface area contributed by atoms with E-state index >= 15 is 0 Å². The van der Waals surface area contributed by atoms with Crippen LogP contribution in [0.3, 0.4) is 0 Å². The van der Waals surface area contributed by atoms with Gasteiger partial charge in [-0.3, -0.25) is 0 Å². The maximum atomic E-state index is 12.4. The zero-order valence-corrected chi connectivity index (χ0v) is 14.4. The van der Waals surface area contributed by atoms with Crippen LogP contribution in [0.15, 0.2) is 28.8 Å². The normalized spacial score (nSPS) is 24.3. The second-order valence-electron chi connectivity index (χ2n) is 6.76. The Morgan fingerprint density at radius 3 is 2.72 bits per heavy atom. The van der Waals surface area contributed by atoms with Crippen LogP contribution in [0.1, 0.15) is 36.2 Å². The van der Waals surface area contributed by atoms with E-state index in [0.29, 0.717) is 28.7 Å². The van der Waals surface area contributed by atoms with Crippen molar-refractivity contribution in [3.05, 3.63) is 30.0 Å². The number of ether oxygens (including phenoxy) is 3. The molecule has 4 rings (SSSR count). The summed E-state index contributed by atoms with van der Waals surface area (Å²) in [7, 11) is 3.16. The number of nitrogens with zero attached hydrogens (tertiary/aromatic N) is 1. The Labute approximate surface area is 146 Å². The maximum absolute atomic E-state index is 12.4. The molecular weight excluding hydrogens is 322 g/mol. The lowest BCUT2D eigenvalue weighted by molar-refractivity contribution is 0.0148. The Morgan fingerprint density at radius 2 is 2.04 bits per heavy atom. The first-order chi connectivity index (χ1) is 12.2. The number of rotatable bonds is 5. The summed E-state index contributed by atoms with van der Waals surface area (Å²) < 4.78 is 21.6. The molecule has 0 spiro atoms. The van der Waals surface area contributed by atoms with Gasteiger partial charge >= 0.3 is 5.97 Å². The van der Waals surface area contributed by atoms with Crippen LogP contribution in [0.25, 0.3) is 11.3 Å². The van der Waals surface area contributed by atoms with E-state index in [4.69, 9.17) is 18.7 Å². The van der Waals surface area contributed by atoms with E-state index in [0.717, 1.165) is 18.8 Å². The molecule has 1 heterocycles. The van der Waals surface area contributed by atoms with E-state index in [-0.39, 0.29) is 11.8 Å². The molecule has 25 heavy (non-hydrogen) atoms. The second-order valence-corrected chi connectivity index (χ2v) is 6.76. The topological polar surface area (TPSA) is 70.8 Å². The Bertz CT molecular complexity index is 784. The standard InChI is InChI=1S/C19H21NO5/c1-22-13-5-6-16(23-2)14(9-13)18-10-15(20-25-18)19(21)24-17-8-11-3-4-12(17)7-11/h5-6,9-12,17H,3-4,7-8H2,1-2H3. The van der Waals surface area contributed by atoms with Gasteiger partial charge in [0.15, 0.2) is 11.5 Å². The lowest BCUT2D eigenvalue weighted by Gasteiger charge is -2.21. The van der Waals surface area contributed by atoms with Crippen molar-refractivity contribution in [3.8, 4) is 22.8 Å². The van der Waals surface area contributed by atoms with Gasteiger partial charge in [-0.1, -0.05) is 5.16 Å². The lowest BCUT2D eigenvalue weighted by Crippen LogP contribution is -2.24. The molecular formula is C19H21NO5. The molecule has 2 aliphatic carbocycles. The van der Waals surface area contributed by atoms with Crippen molar-refractivity contribution in [2.45, 2.75) is 31.8 Å². The smallest absolute Gasteiger partial charge is 0.360 e. The van der Waals surface area contributed by atoms with Crippen molar-refractivity contribution in [1.29, 1.82) is 0 Å². The minimum atomic E-state index is -0.422. The third-order valence-electron chi connectivity index (χ3n) is 5.32. The van der Waals surface area contributed by atoms with E-state index in [1.165, 1.54) is 12.8 Å². The second kappa shape index (κ2) is 6.43. The molecule has 3 unspecified atom stereocenters. The average Bonchev–Trinajstić information content (AvgIpc) is 3.37. The first-order valence-corrected chi connectivity index (χ1v) is 8.58. The SMILES string of the molecule is COc1ccc(OC)c(-c2cc(C(=O)OC3CC4CCC3C4)no2)c1. The highest BCUT2D eigenvalue weighted by Gasteiger charge is 2.42. The van der Waals surface area contributed by atoms with Gasteiger partial charge in [0, 0.05) is 6.07 Å². The quantitative estimate of drug-likeness (QED) is 0.771. The highest BCUT2D eigenvalue weighted by molar-refractivity contribution is 5.88. The Hall–Kier alpha value is -2.50. The molecule has 2 saturated carbocycles. The summed E-state index contributed by atoms with van der Waals surface area (Å²) in [6, 6.07) is 6.95. The molecule has 6 heteroatoms. The molecule has 2 fully saturated rings. The first-order valence-electron chi connectivity index (χ1n) is 8.58. The van der Waals surface area contributed by atoms with Crippen molar-refractivity contribution in [2.24, 2.45) is 11.8 Å². The predicted molar refractivity (Wildman–Crippen MR) is 89.7 cm³/mol.